The highest BCUT2D eigenvalue weighted by Gasteiger charge is 2.47. The first-order valence-corrected chi connectivity index (χ1v) is 8.48. The molecule has 3 heteroatoms. The Morgan fingerprint density at radius 1 is 1.04 bits per heavy atom. The summed E-state index contributed by atoms with van der Waals surface area (Å²) in [5.41, 5.74) is 3.00. The zero-order valence-electron chi connectivity index (χ0n) is 13.8. The van der Waals surface area contributed by atoms with Gasteiger partial charge in [0.05, 0.1) is 0 Å². The van der Waals surface area contributed by atoms with E-state index >= 15 is 0 Å². The van der Waals surface area contributed by atoms with Gasteiger partial charge in [0.15, 0.2) is 0 Å². The summed E-state index contributed by atoms with van der Waals surface area (Å²) in [4.78, 5) is 14.4. The van der Waals surface area contributed by atoms with Crippen molar-refractivity contribution in [2.75, 3.05) is 10.8 Å². The van der Waals surface area contributed by atoms with Crippen molar-refractivity contribution in [2.45, 2.75) is 38.1 Å². The molecule has 0 bridgehead atoms. The Bertz CT molecular complexity index is 725. The van der Waals surface area contributed by atoms with E-state index in [-0.39, 0.29) is 22.7 Å². The monoisotopic (exact) mass is 327 g/mol. The van der Waals surface area contributed by atoms with Crippen LogP contribution in [-0.2, 0) is 10.2 Å². The van der Waals surface area contributed by atoms with Crippen molar-refractivity contribution in [1.29, 1.82) is 0 Å². The lowest BCUT2D eigenvalue weighted by Gasteiger charge is -2.51. The summed E-state index contributed by atoms with van der Waals surface area (Å²) in [6.45, 7) is 6.51. The van der Waals surface area contributed by atoms with Gasteiger partial charge >= 0.3 is 0 Å². The average Bonchev–Trinajstić information content (AvgIpc) is 2.54. The first-order chi connectivity index (χ1) is 10.9. The number of para-hydroxylation sites is 1. The molecule has 1 atom stereocenters. The average molecular weight is 328 g/mol. The maximum absolute atomic E-state index is 12.5. The van der Waals surface area contributed by atoms with Crippen LogP contribution in [0.4, 0.5) is 5.69 Å². The molecule has 1 amide bonds. The number of rotatable bonds is 2. The molecule has 120 valence electrons. The molecular formula is C20H22ClNO. The summed E-state index contributed by atoms with van der Waals surface area (Å²) in [5.74, 6) is -0.0426. The van der Waals surface area contributed by atoms with Crippen LogP contribution >= 0.6 is 11.6 Å². The zero-order chi connectivity index (χ0) is 16.7. The Labute approximate surface area is 143 Å². The molecule has 0 aliphatic carbocycles. The van der Waals surface area contributed by atoms with Crippen molar-refractivity contribution in [3.8, 4) is 0 Å². The molecule has 0 aromatic heterocycles. The Balaban J connectivity index is 2.24. The largest absolute Gasteiger partial charge is 0.305 e. The van der Waals surface area contributed by atoms with Crippen molar-refractivity contribution < 1.29 is 4.79 Å². The molecule has 0 unspecified atom stereocenters. The minimum absolute atomic E-state index is 0.000183. The number of hydrogen-bond acceptors (Lipinski definition) is 1. The van der Waals surface area contributed by atoms with E-state index in [0.717, 1.165) is 12.1 Å². The number of amides is 1. The molecule has 1 aliphatic heterocycles. The molecular weight excluding hydrogens is 306 g/mol. The Morgan fingerprint density at radius 2 is 1.65 bits per heavy atom. The third-order valence-corrected chi connectivity index (χ3v) is 5.13. The first kappa shape index (κ1) is 16.1. The number of carbonyl (C=O) groups is 1. The summed E-state index contributed by atoms with van der Waals surface area (Å²) in [5, 5.41) is 0. The number of alkyl halides is 1. The van der Waals surface area contributed by atoms with Gasteiger partial charge in [0.1, 0.15) is 5.88 Å². The van der Waals surface area contributed by atoms with Crippen LogP contribution in [0, 0.1) is 0 Å². The van der Waals surface area contributed by atoms with Gasteiger partial charge in [-0.1, -0.05) is 55.5 Å². The SMILES string of the molecule is CC1(C)C[C@](C)(c2ccccc2)c2ccccc2N1C(=O)CCl. The number of halogens is 1. The molecule has 1 aliphatic rings. The predicted molar refractivity (Wildman–Crippen MR) is 96.2 cm³/mol. The van der Waals surface area contributed by atoms with E-state index in [9.17, 15) is 4.79 Å². The highest BCUT2D eigenvalue weighted by atomic mass is 35.5. The molecule has 0 saturated heterocycles. The molecule has 1 heterocycles. The number of carbonyl (C=O) groups excluding carboxylic acids is 1. The van der Waals surface area contributed by atoms with E-state index in [2.05, 4.69) is 51.1 Å². The molecule has 0 radical (unpaired) electrons. The molecule has 3 rings (SSSR count). The number of fused-ring (bicyclic) bond motifs is 1. The summed E-state index contributed by atoms with van der Waals surface area (Å²) < 4.78 is 0. The van der Waals surface area contributed by atoms with Crippen LogP contribution in [0.15, 0.2) is 54.6 Å². The van der Waals surface area contributed by atoms with Crippen LogP contribution in [0.2, 0.25) is 0 Å². The summed E-state index contributed by atoms with van der Waals surface area (Å²) in [7, 11) is 0. The normalized spacial score (nSPS) is 22.5. The van der Waals surface area contributed by atoms with Crippen LogP contribution in [0.25, 0.3) is 0 Å². The molecule has 2 aromatic carbocycles. The Morgan fingerprint density at radius 3 is 2.30 bits per heavy atom. The third-order valence-electron chi connectivity index (χ3n) is 4.91. The predicted octanol–water partition coefficient (Wildman–Crippen LogP) is 4.75. The summed E-state index contributed by atoms with van der Waals surface area (Å²) in [6.07, 6.45) is 0.851. The quantitative estimate of drug-likeness (QED) is 0.729. The van der Waals surface area contributed by atoms with Gasteiger partial charge in [-0.2, -0.15) is 0 Å². The number of benzene rings is 2. The van der Waals surface area contributed by atoms with Gasteiger partial charge in [0, 0.05) is 16.6 Å². The lowest BCUT2D eigenvalue weighted by atomic mass is 9.65. The second-order valence-electron chi connectivity index (χ2n) is 7.07. The van der Waals surface area contributed by atoms with Crippen LogP contribution in [0.5, 0.6) is 0 Å². The fourth-order valence-electron chi connectivity index (χ4n) is 4.10. The van der Waals surface area contributed by atoms with Crippen molar-refractivity contribution >= 4 is 23.2 Å². The third kappa shape index (κ3) is 2.55. The highest BCUT2D eigenvalue weighted by Crippen LogP contribution is 2.50. The second-order valence-corrected chi connectivity index (χ2v) is 7.33. The van der Waals surface area contributed by atoms with E-state index < -0.39 is 0 Å². The van der Waals surface area contributed by atoms with E-state index in [4.69, 9.17) is 11.6 Å². The standard InChI is InChI=1S/C20H22ClNO/c1-19(2)14-20(3,15-9-5-4-6-10-15)16-11-7-8-12-17(16)22(19)18(23)13-21/h4-12H,13-14H2,1-3H3/t20-/m1/s1. The van der Waals surface area contributed by atoms with E-state index in [1.54, 1.807) is 0 Å². The van der Waals surface area contributed by atoms with Gasteiger partial charge in [0.2, 0.25) is 5.91 Å². The van der Waals surface area contributed by atoms with Gasteiger partial charge in [-0.3, -0.25) is 4.79 Å². The van der Waals surface area contributed by atoms with Gasteiger partial charge in [0.25, 0.3) is 0 Å². The number of anilines is 1. The Hall–Kier alpha value is -1.80. The van der Waals surface area contributed by atoms with Crippen LogP contribution in [0.3, 0.4) is 0 Å². The summed E-state index contributed by atoms with van der Waals surface area (Å²) >= 11 is 5.88. The number of hydrogen-bond donors (Lipinski definition) is 0. The van der Waals surface area contributed by atoms with Crippen molar-refractivity contribution in [3.63, 3.8) is 0 Å². The lowest BCUT2D eigenvalue weighted by molar-refractivity contribution is -0.117. The second kappa shape index (κ2) is 5.68. The zero-order valence-corrected chi connectivity index (χ0v) is 14.6. The maximum Gasteiger partial charge on any atom is 0.242 e. The van der Waals surface area contributed by atoms with Crippen LogP contribution in [0.1, 0.15) is 38.3 Å². The summed E-state index contributed by atoms with van der Waals surface area (Å²) in [6, 6.07) is 18.7. The fraction of sp³-hybridized carbons (Fsp3) is 0.350. The van der Waals surface area contributed by atoms with E-state index in [1.807, 2.05) is 29.2 Å². The van der Waals surface area contributed by atoms with E-state index in [1.165, 1.54) is 11.1 Å². The molecule has 0 N–H and O–H groups in total. The van der Waals surface area contributed by atoms with Gasteiger partial charge in [-0.15, -0.1) is 11.6 Å². The fourth-order valence-corrected chi connectivity index (χ4v) is 4.22. The first-order valence-electron chi connectivity index (χ1n) is 7.94. The van der Waals surface area contributed by atoms with Crippen molar-refractivity contribution in [1.82, 2.24) is 0 Å². The minimum Gasteiger partial charge on any atom is -0.305 e. The molecule has 2 nitrogen and oxygen atoms in total. The minimum atomic E-state index is -0.301. The van der Waals surface area contributed by atoms with E-state index in [0.29, 0.717) is 0 Å². The van der Waals surface area contributed by atoms with Crippen molar-refractivity contribution in [3.05, 3.63) is 65.7 Å². The van der Waals surface area contributed by atoms with Crippen molar-refractivity contribution in [2.24, 2.45) is 0 Å². The van der Waals surface area contributed by atoms with Crippen LogP contribution in [-0.4, -0.2) is 17.3 Å². The van der Waals surface area contributed by atoms with Gasteiger partial charge < -0.3 is 4.90 Å². The number of nitrogens with zero attached hydrogens (tertiary/aromatic N) is 1. The smallest absolute Gasteiger partial charge is 0.242 e. The molecule has 2 aromatic rings. The molecule has 0 fully saturated rings. The molecule has 0 spiro atoms. The van der Waals surface area contributed by atoms with Crippen LogP contribution < -0.4 is 4.90 Å². The van der Waals surface area contributed by atoms with Gasteiger partial charge in [-0.05, 0) is 37.5 Å². The maximum atomic E-state index is 12.5. The highest BCUT2D eigenvalue weighted by molar-refractivity contribution is 6.29. The molecule has 23 heavy (non-hydrogen) atoms. The van der Waals surface area contributed by atoms with Gasteiger partial charge in [-0.25, -0.2) is 0 Å². The topological polar surface area (TPSA) is 20.3 Å². The lowest BCUT2D eigenvalue weighted by Crippen LogP contribution is -2.56. The molecule has 0 saturated carbocycles. The Kier molecular flexibility index (Phi) is 3.97.